The van der Waals surface area contributed by atoms with Crippen LogP contribution in [0, 0.1) is 0 Å². The highest BCUT2D eigenvalue weighted by Gasteiger charge is 2.30. The van der Waals surface area contributed by atoms with E-state index in [0.29, 0.717) is 11.5 Å². The fourth-order valence-corrected chi connectivity index (χ4v) is 3.36. The maximum Gasteiger partial charge on any atom is 0.276 e. The van der Waals surface area contributed by atoms with Crippen LogP contribution in [0.4, 0.5) is 0 Å². The lowest BCUT2D eigenvalue weighted by molar-refractivity contribution is 0.0600. The molecule has 1 aliphatic heterocycles. The minimum absolute atomic E-state index is 0.0480. The van der Waals surface area contributed by atoms with Crippen molar-refractivity contribution >= 4 is 5.91 Å². The van der Waals surface area contributed by atoms with Crippen LogP contribution in [0.1, 0.15) is 41.4 Å². The van der Waals surface area contributed by atoms with Crippen molar-refractivity contribution in [2.75, 3.05) is 6.54 Å². The Morgan fingerprint density at radius 2 is 2.00 bits per heavy atom. The lowest BCUT2D eigenvalue weighted by atomic mass is 9.96. The molecule has 1 saturated heterocycles. The number of piperidine rings is 1. The summed E-state index contributed by atoms with van der Waals surface area (Å²) in [5.74, 6) is 0.526. The van der Waals surface area contributed by atoms with Crippen molar-refractivity contribution in [2.24, 2.45) is 0 Å². The van der Waals surface area contributed by atoms with Gasteiger partial charge < -0.3 is 9.42 Å². The zero-order chi connectivity index (χ0) is 17.1. The van der Waals surface area contributed by atoms with E-state index < -0.39 is 0 Å². The average molecular weight is 333 g/mol. The highest BCUT2D eigenvalue weighted by molar-refractivity contribution is 5.93. The Kier molecular flexibility index (Phi) is 4.29. The second kappa shape index (κ2) is 6.89. The van der Waals surface area contributed by atoms with Gasteiger partial charge in [0.25, 0.3) is 5.91 Å². The number of hydrogen-bond donors (Lipinski definition) is 0. The highest BCUT2D eigenvalue weighted by atomic mass is 16.5. The van der Waals surface area contributed by atoms with E-state index in [1.807, 2.05) is 53.6 Å². The van der Waals surface area contributed by atoms with Crippen LogP contribution in [0.3, 0.4) is 0 Å². The van der Waals surface area contributed by atoms with Gasteiger partial charge in [-0.25, -0.2) is 0 Å². The van der Waals surface area contributed by atoms with Gasteiger partial charge >= 0.3 is 0 Å². The summed E-state index contributed by atoms with van der Waals surface area (Å²) < 4.78 is 5.39. The Bertz CT molecular complexity index is 846. The molecule has 126 valence electrons. The van der Waals surface area contributed by atoms with Gasteiger partial charge in [-0.3, -0.25) is 9.78 Å². The van der Waals surface area contributed by atoms with Crippen LogP contribution < -0.4 is 0 Å². The molecule has 1 amide bonds. The van der Waals surface area contributed by atoms with Crippen LogP contribution in [0.25, 0.3) is 11.3 Å². The monoisotopic (exact) mass is 333 g/mol. The molecule has 0 spiro atoms. The summed E-state index contributed by atoms with van der Waals surface area (Å²) in [6.07, 6.45) is 6.65. The zero-order valence-electron chi connectivity index (χ0n) is 13.8. The van der Waals surface area contributed by atoms with Crippen molar-refractivity contribution in [1.82, 2.24) is 15.0 Å². The third-order valence-electron chi connectivity index (χ3n) is 4.62. The van der Waals surface area contributed by atoms with Crippen molar-refractivity contribution in [3.05, 3.63) is 72.2 Å². The Labute approximate surface area is 146 Å². The van der Waals surface area contributed by atoms with Gasteiger partial charge in [-0.2, -0.15) is 0 Å². The van der Waals surface area contributed by atoms with Crippen LogP contribution >= 0.6 is 0 Å². The Morgan fingerprint density at radius 3 is 2.80 bits per heavy atom. The van der Waals surface area contributed by atoms with Gasteiger partial charge in [0, 0.05) is 30.6 Å². The Morgan fingerprint density at radius 1 is 1.12 bits per heavy atom. The molecule has 3 heterocycles. The fourth-order valence-electron chi connectivity index (χ4n) is 3.36. The molecule has 25 heavy (non-hydrogen) atoms. The third kappa shape index (κ3) is 3.18. The molecule has 2 aromatic heterocycles. The number of hydrogen-bond acceptors (Lipinski definition) is 4. The Hall–Kier alpha value is -2.95. The van der Waals surface area contributed by atoms with Crippen molar-refractivity contribution in [3.63, 3.8) is 0 Å². The van der Waals surface area contributed by atoms with Crippen LogP contribution in [-0.2, 0) is 0 Å². The molecule has 1 fully saturated rings. The molecule has 5 nitrogen and oxygen atoms in total. The quantitative estimate of drug-likeness (QED) is 0.724. The molecule has 1 aromatic carbocycles. The van der Waals surface area contributed by atoms with E-state index in [1.54, 1.807) is 12.3 Å². The number of carbonyl (C=O) groups excluding carboxylic acids is 1. The molecule has 1 aliphatic rings. The molecule has 0 aliphatic carbocycles. The third-order valence-corrected chi connectivity index (χ3v) is 4.62. The van der Waals surface area contributed by atoms with Crippen LogP contribution in [0.15, 0.2) is 65.4 Å². The van der Waals surface area contributed by atoms with Crippen LogP contribution in [0.2, 0.25) is 0 Å². The van der Waals surface area contributed by atoms with E-state index in [0.717, 1.165) is 36.9 Å². The smallest absolute Gasteiger partial charge is 0.276 e. The second-order valence-corrected chi connectivity index (χ2v) is 6.24. The predicted octanol–water partition coefficient (Wildman–Crippen LogP) is 4.10. The number of pyridine rings is 1. The minimum Gasteiger partial charge on any atom is -0.355 e. The van der Waals surface area contributed by atoms with Gasteiger partial charge in [-0.1, -0.05) is 41.6 Å². The minimum atomic E-state index is -0.0838. The summed E-state index contributed by atoms with van der Waals surface area (Å²) in [5, 5.41) is 4.01. The standard InChI is InChI=1S/C20H19N3O2/c24-20(17-13-19(25-22-17)15-7-2-1-3-8-15)23-12-5-4-10-18(23)16-9-6-11-21-14-16/h1-3,6-9,11,13-14,18H,4-5,10,12H2. The Balaban J connectivity index is 1.60. The summed E-state index contributed by atoms with van der Waals surface area (Å²) >= 11 is 0. The van der Waals surface area contributed by atoms with Crippen molar-refractivity contribution < 1.29 is 9.32 Å². The fraction of sp³-hybridized carbons (Fsp3) is 0.250. The molecule has 1 unspecified atom stereocenters. The van der Waals surface area contributed by atoms with E-state index in [-0.39, 0.29) is 11.9 Å². The first-order chi connectivity index (χ1) is 12.3. The van der Waals surface area contributed by atoms with Crippen molar-refractivity contribution in [3.8, 4) is 11.3 Å². The molecule has 0 saturated carbocycles. The molecular formula is C20H19N3O2. The zero-order valence-corrected chi connectivity index (χ0v) is 13.8. The van der Waals surface area contributed by atoms with E-state index in [1.165, 1.54) is 0 Å². The van der Waals surface area contributed by atoms with E-state index in [9.17, 15) is 4.79 Å². The first-order valence-corrected chi connectivity index (χ1v) is 8.56. The van der Waals surface area contributed by atoms with E-state index >= 15 is 0 Å². The summed E-state index contributed by atoms with van der Waals surface area (Å²) in [6.45, 7) is 0.728. The number of carbonyl (C=O) groups is 1. The average Bonchev–Trinajstić information content (AvgIpc) is 3.19. The van der Waals surface area contributed by atoms with E-state index in [2.05, 4.69) is 10.1 Å². The summed E-state index contributed by atoms with van der Waals surface area (Å²) in [4.78, 5) is 19.1. The van der Waals surface area contributed by atoms with Gasteiger partial charge in [0.2, 0.25) is 0 Å². The van der Waals surface area contributed by atoms with Crippen molar-refractivity contribution in [2.45, 2.75) is 25.3 Å². The summed E-state index contributed by atoms with van der Waals surface area (Å²) in [5.41, 5.74) is 2.34. The summed E-state index contributed by atoms with van der Waals surface area (Å²) in [6, 6.07) is 15.4. The molecule has 1 atom stereocenters. The molecular weight excluding hydrogens is 314 g/mol. The topological polar surface area (TPSA) is 59.2 Å². The lowest BCUT2D eigenvalue weighted by Gasteiger charge is -2.35. The van der Waals surface area contributed by atoms with E-state index in [4.69, 9.17) is 4.52 Å². The van der Waals surface area contributed by atoms with Gasteiger partial charge in [0.05, 0.1) is 6.04 Å². The number of nitrogens with zero attached hydrogens (tertiary/aromatic N) is 3. The first kappa shape index (κ1) is 15.6. The normalized spacial score (nSPS) is 17.4. The number of rotatable bonds is 3. The van der Waals surface area contributed by atoms with Crippen LogP contribution in [-0.4, -0.2) is 27.5 Å². The number of amides is 1. The predicted molar refractivity (Wildman–Crippen MR) is 93.8 cm³/mol. The molecule has 5 heteroatoms. The molecule has 0 N–H and O–H groups in total. The summed E-state index contributed by atoms with van der Waals surface area (Å²) in [7, 11) is 0. The number of benzene rings is 1. The maximum absolute atomic E-state index is 13.0. The highest BCUT2D eigenvalue weighted by Crippen LogP contribution is 2.32. The number of aromatic nitrogens is 2. The SMILES string of the molecule is O=C(c1cc(-c2ccccc2)on1)N1CCCCC1c1cccnc1. The molecule has 0 bridgehead atoms. The molecule has 0 radical (unpaired) electrons. The van der Waals surface area contributed by atoms with Gasteiger partial charge in [0.15, 0.2) is 11.5 Å². The molecule has 3 aromatic rings. The van der Waals surface area contributed by atoms with Gasteiger partial charge in [-0.15, -0.1) is 0 Å². The number of likely N-dealkylation sites (tertiary alicyclic amines) is 1. The van der Waals surface area contributed by atoms with Gasteiger partial charge in [-0.05, 0) is 30.9 Å². The lowest BCUT2D eigenvalue weighted by Crippen LogP contribution is -2.38. The largest absolute Gasteiger partial charge is 0.355 e. The molecule has 4 rings (SSSR count). The maximum atomic E-state index is 13.0. The van der Waals surface area contributed by atoms with Crippen molar-refractivity contribution in [1.29, 1.82) is 0 Å². The first-order valence-electron chi connectivity index (χ1n) is 8.56. The second-order valence-electron chi connectivity index (χ2n) is 6.24. The van der Waals surface area contributed by atoms with Gasteiger partial charge in [0.1, 0.15) is 0 Å². The van der Waals surface area contributed by atoms with Crippen LogP contribution in [0.5, 0.6) is 0 Å².